The molecule has 112 valence electrons. The lowest BCUT2D eigenvalue weighted by Gasteiger charge is -2.07. The molecule has 1 aromatic heterocycles. The Morgan fingerprint density at radius 2 is 2.10 bits per heavy atom. The lowest BCUT2D eigenvalue weighted by atomic mass is 10.3. The van der Waals surface area contributed by atoms with E-state index < -0.39 is 0 Å². The average Bonchev–Trinajstić information content (AvgIpc) is 2.80. The largest absolute Gasteiger partial charge is 0.493 e. The van der Waals surface area contributed by atoms with Crippen molar-refractivity contribution in [3.63, 3.8) is 0 Å². The zero-order valence-electron chi connectivity index (χ0n) is 12.2. The van der Waals surface area contributed by atoms with Gasteiger partial charge in [0.1, 0.15) is 5.75 Å². The third kappa shape index (κ3) is 4.82. The molecule has 0 aliphatic carbocycles. The highest BCUT2D eigenvalue weighted by molar-refractivity contribution is 7.99. The third-order valence-electron chi connectivity index (χ3n) is 2.87. The Balaban J connectivity index is 1.64. The molecule has 5 nitrogen and oxygen atoms in total. The number of hydrogen-bond acceptors (Lipinski definition) is 4. The number of amides is 1. The highest BCUT2D eigenvalue weighted by atomic mass is 32.2. The summed E-state index contributed by atoms with van der Waals surface area (Å²) in [6.45, 7) is 4.34. The molecule has 1 heterocycles. The van der Waals surface area contributed by atoms with Gasteiger partial charge in [-0.25, -0.2) is 0 Å². The summed E-state index contributed by atoms with van der Waals surface area (Å²) in [6.07, 6.45) is 0. The topological polar surface area (TPSA) is 67.0 Å². The number of carbonyl (C=O) groups is 1. The van der Waals surface area contributed by atoms with Gasteiger partial charge >= 0.3 is 0 Å². The van der Waals surface area contributed by atoms with E-state index in [4.69, 9.17) is 4.74 Å². The Bertz CT molecular complexity index is 564. The van der Waals surface area contributed by atoms with E-state index >= 15 is 0 Å². The lowest BCUT2D eigenvalue weighted by molar-refractivity contribution is -0.113. The molecular weight excluding hydrogens is 286 g/mol. The fraction of sp³-hybridized carbons (Fsp3) is 0.333. The molecule has 0 aliphatic rings. The summed E-state index contributed by atoms with van der Waals surface area (Å²) in [5, 5.41) is 9.76. The van der Waals surface area contributed by atoms with Crippen LogP contribution in [0.15, 0.2) is 30.3 Å². The first-order valence-electron chi connectivity index (χ1n) is 6.74. The van der Waals surface area contributed by atoms with Crippen molar-refractivity contribution in [1.29, 1.82) is 0 Å². The molecule has 0 atom stereocenters. The molecule has 0 fully saturated rings. The Morgan fingerprint density at radius 3 is 2.76 bits per heavy atom. The molecule has 1 amide bonds. The van der Waals surface area contributed by atoms with Crippen LogP contribution in [0.1, 0.15) is 11.4 Å². The zero-order chi connectivity index (χ0) is 15.1. The van der Waals surface area contributed by atoms with E-state index in [2.05, 4.69) is 15.5 Å². The molecule has 0 bridgehead atoms. The van der Waals surface area contributed by atoms with Crippen molar-refractivity contribution in [2.24, 2.45) is 0 Å². The first-order chi connectivity index (χ1) is 10.2. The zero-order valence-corrected chi connectivity index (χ0v) is 13.0. The number of aryl methyl sites for hydroxylation is 2. The van der Waals surface area contributed by atoms with Gasteiger partial charge in [-0.1, -0.05) is 18.2 Å². The molecule has 0 saturated heterocycles. The monoisotopic (exact) mass is 305 g/mol. The summed E-state index contributed by atoms with van der Waals surface area (Å²) >= 11 is 1.55. The minimum absolute atomic E-state index is 0.0210. The number of thioether (sulfide) groups is 1. The van der Waals surface area contributed by atoms with Crippen LogP contribution in [-0.4, -0.2) is 34.2 Å². The lowest BCUT2D eigenvalue weighted by Crippen LogP contribution is -2.16. The fourth-order valence-corrected chi connectivity index (χ4v) is 2.41. The molecule has 2 aromatic rings. The number of anilines is 1. The van der Waals surface area contributed by atoms with Crippen molar-refractivity contribution in [1.82, 2.24) is 10.2 Å². The van der Waals surface area contributed by atoms with Gasteiger partial charge < -0.3 is 10.1 Å². The standard InChI is InChI=1S/C15H19N3O2S/c1-11-15(12(2)18-17-11)16-14(19)10-21-9-8-20-13-6-4-3-5-7-13/h3-7H,8-10H2,1-2H3,(H,16,19)(H,17,18). The molecule has 6 heteroatoms. The van der Waals surface area contributed by atoms with E-state index in [0.29, 0.717) is 12.4 Å². The van der Waals surface area contributed by atoms with Gasteiger partial charge in [-0.2, -0.15) is 5.10 Å². The molecule has 0 saturated carbocycles. The number of hydrogen-bond donors (Lipinski definition) is 2. The van der Waals surface area contributed by atoms with Crippen LogP contribution >= 0.6 is 11.8 Å². The van der Waals surface area contributed by atoms with Crippen molar-refractivity contribution in [2.75, 3.05) is 23.4 Å². The minimum Gasteiger partial charge on any atom is -0.493 e. The summed E-state index contributed by atoms with van der Waals surface area (Å²) in [6, 6.07) is 9.66. The highest BCUT2D eigenvalue weighted by Gasteiger charge is 2.09. The molecule has 0 unspecified atom stereocenters. The van der Waals surface area contributed by atoms with Crippen LogP contribution in [0.4, 0.5) is 5.69 Å². The van der Waals surface area contributed by atoms with Crippen molar-refractivity contribution in [2.45, 2.75) is 13.8 Å². The maximum Gasteiger partial charge on any atom is 0.234 e. The molecule has 0 radical (unpaired) electrons. The summed E-state index contributed by atoms with van der Waals surface area (Å²) in [5.41, 5.74) is 2.46. The van der Waals surface area contributed by atoms with Crippen LogP contribution in [0.5, 0.6) is 5.75 Å². The second-order valence-electron chi connectivity index (χ2n) is 4.57. The number of nitrogens with zero attached hydrogens (tertiary/aromatic N) is 1. The second kappa shape index (κ2) is 7.73. The molecule has 0 spiro atoms. The molecule has 2 rings (SSSR count). The fourth-order valence-electron chi connectivity index (χ4n) is 1.81. The van der Waals surface area contributed by atoms with E-state index in [-0.39, 0.29) is 5.91 Å². The normalized spacial score (nSPS) is 10.4. The Kier molecular flexibility index (Phi) is 5.68. The molecule has 0 aliphatic heterocycles. The summed E-state index contributed by atoms with van der Waals surface area (Å²) < 4.78 is 5.56. The van der Waals surface area contributed by atoms with Crippen molar-refractivity contribution in [3.05, 3.63) is 41.7 Å². The second-order valence-corrected chi connectivity index (χ2v) is 5.68. The number of carbonyl (C=O) groups excluding carboxylic acids is 1. The van der Waals surface area contributed by atoms with Gasteiger partial charge in [0.15, 0.2) is 0 Å². The molecule has 1 aromatic carbocycles. The van der Waals surface area contributed by atoms with Crippen molar-refractivity contribution >= 4 is 23.4 Å². The van der Waals surface area contributed by atoms with Gasteiger partial charge in [0, 0.05) is 5.75 Å². The van der Waals surface area contributed by atoms with Crippen LogP contribution in [0.2, 0.25) is 0 Å². The quantitative estimate of drug-likeness (QED) is 0.772. The predicted octanol–water partition coefficient (Wildman–Crippen LogP) is 2.78. The van der Waals surface area contributed by atoms with E-state index in [0.717, 1.165) is 28.6 Å². The van der Waals surface area contributed by atoms with Gasteiger partial charge in [-0.15, -0.1) is 11.8 Å². The Morgan fingerprint density at radius 1 is 1.33 bits per heavy atom. The average molecular weight is 305 g/mol. The van der Waals surface area contributed by atoms with E-state index in [9.17, 15) is 4.79 Å². The number of aromatic amines is 1. The summed E-state index contributed by atoms with van der Waals surface area (Å²) in [7, 11) is 0. The van der Waals surface area contributed by atoms with Crippen LogP contribution in [-0.2, 0) is 4.79 Å². The van der Waals surface area contributed by atoms with Crippen LogP contribution in [0.3, 0.4) is 0 Å². The first kappa shape index (κ1) is 15.4. The van der Waals surface area contributed by atoms with Crippen molar-refractivity contribution < 1.29 is 9.53 Å². The molecule has 21 heavy (non-hydrogen) atoms. The summed E-state index contributed by atoms with van der Waals surface area (Å²) in [4.78, 5) is 11.8. The van der Waals surface area contributed by atoms with E-state index in [1.54, 1.807) is 11.8 Å². The Labute approximate surface area is 128 Å². The van der Waals surface area contributed by atoms with E-state index in [1.165, 1.54) is 0 Å². The number of H-pyrrole nitrogens is 1. The maximum atomic E-state index is 11.8. The number of benzene rings is 1. The third-order valence-corrected chi connectivity index (χ3v) is 3.79. The number of rotatable bonds is 7. The van der Waals surface area contributed by atoms with Gasteiger partial charge in [0.2, 0.25) is 5.91 Å². The molecular formula is C15H19N3O2S. The highest BCUT2D eigenvalue weighted by Crippen LogP contribution is 2.16. The van der Waals surface area contributed by atoms with Gasteiger partial charge in [-0.05, 0) is 26.0 Å². The van der Waals surface area contributed by atoms with Gasteiger partial charge in [-0.3, -0.25) is 9.89 Å². The van der Waals surface area contributed by atoms with Crippen LogP contribution in [0, 0.1) is 13.8 Å². The van der Waals surface area contributed by atoms with Crippen LogP contribution < -0.4 is 10.1 Å². The van der Waals surface area contributed by atoms with Crippen molar-refractivity contribution in [3.8, 4) is 5.75 Å². The van der Waals surface area contributed by atoms with E-state index in [1.807, 2.05) is 44.2 Å². The van der Waals surface area contributed by atoms with Gasteiger partial charge in [0.25, 0.3) is 0 Å². The maximum absolute atomic E-state index is 11.8. The van der Waals surface area contributed by atoms with Crippen LogP contribution in [0.25, 0.3) is 0 Å². The first-order valence-corrected chi connectivity index (χ1v) is 7.89. The number of nitrogens with one attached hydrogen (secondary N) is 2. The number of aromatic nitrogens is 2. The SMILES string of the molecule is Cc1n[nH]c(C)c1NC(=O)CSCCOc1ccccc1. The Hall–Kier alpha value is -1.95. The predicted molar refractivity (Wildman–Crippen MR) is 86.0 cm³/mol. The number of ether oxygens (including phenoxy) is 1. The van der Waals surface area contributed by atoms with Gasteiger partial charge in [0.05, 0.1) is 29.4 Å². The number of para-hydroxylation sites is 1. The summed E-state index contributed by atoms with van der Waals surface area (Å²) in [5.74, 6) is 2.01. The minimum atomic E-state index is -0.0210. The smallest absolute Gasteiger partial charge is 0.234 e. The molecule has 2 N–H and O–H groups in total.